The third-order valence-electron chi connectivity index (χ3n) is 1.36. The van der Waals surface area contributed by atoms with E-state index in [4.69, 9.17) is 0 Å². The Morgan fingerprint density at radius 3 is 2.50 bits per heavy atom. The van der Waals surface area contributed by atoms with E-state index in [1.54, 1.807) is 17.1 Å². The second kappa shape index (κ2) is 2.73. The molecule has 1 heterocycles. The van der Waals surface area contributed by atoms with Crippen LogP contribution in [0.15, 0.2) is 12.4 Å². The Balaban J connectivity index is 3.03. The summed E-state index contributed by atoms with van der Waals surface area (Å²) in [5.74, 6) is 1.46. The summed E-state index contributed by atoms with van der Waals surface area (Å²) < 4.78 is 1.80. The molecule has 0 bridgehead atoms. The summed E-state index contributed by atoms with van der Waals surface area (Å²) in [5, 5.41) is 4.05. The van der Waals surface area contributed by atoms with Gasteiger partial charge in [-0.05, 0) is 0 Å². The highest BCUT2D eigenvalue weighted by Crippen LogP contribution is 2.02. The monoisotopic (exact) mass is 138 g/mol. The Kier molecular flexibility index (Phi) is 1.94. The molecular formula is C7H12N3+. The van der Waals surface area contributed by atoms with Gasteiger partial charge in [0, 0.05) is 0 Å². The molecule has 0 spiro atoms. The van der Waals surface area contributed by atoms with Crippen molar-refractivity contribution in [3.63, 3.8) is 0 Å². The molecule has 0 unspecified atom stereocenters. The van der Waals surface area contributed by atoms with Crippen molar-refractivity contribution in [2.45, 2.75) is 19.8 Å². The van der Waals surface area contributed by atoms with Crippen LogP contribution < -0.4 is 4.68 Å². The van der Waals surface area contributed by atoms with Crippen LogP contribution in [-0.4, -0.2) is 10.1 Å². The lowest BCUT2D eigenvalue weighted by molar-refractivity contribution is -0.741. The Morgan fingerprint density at radius 1 is 1.40 bits per heavy atom. The largest absolute Gasteiger partial charge is 0.320 e. The van der Waals surface area contributed by atoms with Crippen LogP contribution in [-0.2, 0) is 7.05 Å². The van der Waals surface area contributed by atoms with Gasteiger partial charge in [-0.1, -0.05) is 23.9 Å². The number of hydrogen-bond acceptors (Lipinski definition) is 2. The van der Waals surface area contributed by atoms with Crippen LogP contribution in [0.5, 0.6) is 0 Å². The smallest absolute Gasteiger partial charge is 0.137 e. The minimum Gasteiger partial charge on any atom is -0.137 e. The molecule has 0 atom stereocenters. The quantitative estimate of drug-likeness (QED) is 0.526. The Labute approximate surface area is 60.7 Å². The molecule has 0 aliphatic rings. The lowest BCUT2D eigenvalue weighted by Crippen LogP contribution is -2.39. The third kappa shape index (κ3) is 1.29. The van der Waals surface area contributed by atoms with Crippen molar-refractivity contribution in [3.8, 4) is 0 Å². The van der Waals surface area contributed by atoms with E-state index in [2.05, 4.69) is 23.9 Å². The third-order valence-corrected chi connectivity index (χ3v) is 1.36. The first-order valence-electron chi connectivity index (χ1n) is 3.39. The Hall–Kier alpha value is -0.990. The molecule has 0 N–H and O–H groups in total. The zero-order chi connectivity index (χ0) is 7.56. The standard InChI is InChI=1S/C7H12N3/c1-6(2)7-8-4-5-9-10(7)3/h4-6H,1-3H3/q+1. The normalized spacial score (nSPS) is 10.4. The van der Waals surface area contributed by atoms with Gasteiger partial charge in [-0.2, -0.15) is 0 Å². The van der Waals surface area contributed by atoms with Gasteiger partial charge in [0.1, 0.15) is 13.2 Å². The Morgan fingerprint density at radius 2 is 2.10 bits per heavy atom. The van der Waals surface area contributed by atoms with Crippen molar-refractivity contribution in [2.24, 2.45) is 7.05 Å². The molecule has 0 aliphatic heterocycles. The second-order valence-electron chi connectivity index (χ2n) is 2.58. The fourth-order valence-corrected chi connectivity index (χ4v) is 0.905. The molecule has 0 aliphatic carbocycles. The second-order valence-corrected chi connectivity index (χ2v) is 2.58. The number of aryl methyl sites for hydroxylation is 1. The van der Waals surface area contributed by atoms with Gasteiger partial charge in [0.2, 0.25) is 0 Å². The van der Waals surface area contributed by atoms with Gasteiger partial charge < -0.3 is 0 Å². The van der Waals surface area contributed by atoms with E-state index >= 15 is 0 Å². The highest BCUT2D eigenvalue weighted by molar-refractivity contribution is 4.81. The van der Waals surface area contributed by atoms with Crippen LogP contribution in [0, 0.1) is 0 Å². The maximum atomic E-state index is 4.18. The predicted molar refractivity (Wildman–Crippen MR) is 37.3 cm³/mol. The zero-order valence-corrected chi connectivity index (χ0v) is 6.57. The van der Waals surface area contributed by atoms with Crippen molar-refractivity contribution in [1.82, 2.24) is 10.1 Å². The van der Waals surface area contributed by atoms with E-state index in [1.165, 1.54) is 0 Å². The molecule has 0 saturated carbocycles. The lowest BCUT2D eigenvalue weighted by Gasteiger charge is -1.96. The molecule has 1 aromatic heterocycles. The van der Waals surface area contributed by atoms with Gasteiger partial charge >= 0.3 is 5.82 Å². The minimum absolute atomic E-state index is 0.443. The molecule has 0 amide bonds. The molecule has 10 heavy (non-hydrogen) atoms. The fourth-order valence-electron chi connectivity index (χ4n) is 0.905. The molecule has 0 radical (unpaired) electrons. The summed E-state index contributed by atoms with van der Waals surface area (Å²) in [6, 6.07) is 0. The van der Waals surface area contributed by atoms with Crippen LogP contribution in [0.1, 0.15) is 25.6 Å². The van der Waals surface area contributed by atoms with Crippen molar-refractivity contribution >= 4 is 0 Å². The minimum atomic E-state index is 0.443. The molecule has 1 aromatic rings. The molecule has 1 rings (SSSR count). The molecule has 0 aromatic carbocycles. The SMILES string of the molecule is CC(C)c1nccn[n+]1C. The highest BCUT2D eigenvalue weighted by Gasteiger charge is 2.12. The summed E-state index contributed by atoms with van der Waals surface area (Å²) in [7, 11) is 1.91. The average Bonchev–Trinajstić information content (AvgIpc) is 1.88. The molecule has 0 saturated heterocycles. The number of hydrogen-bond donors (Lipinski definition) is 0. The maximum absolute atomic E-state index is 4.18. The van der Waals surface area contributed by atoms with E-state index < -0.39 is 0 Å². The van der Waals surface area contributed by atoms with Crippen molar-refractivity contribution in [2.75, 3.05) is 0 Å². The van der Waals surface area contributed by atoms with Crippen LogP contribution >= 0.6 is 0 Å². The zero-order valence-electron chi connectivity index (χ0n) is 6.57. The molecule has 3 heteroatoms. The first-order chi connectivity index (χ1) is 4.72. The van der Waals surface area contributed by atoms with Gasteiger partial charge in [-0.15, -0.1) is 4.68 Å². The lowest BCUT2D eigenvalue weighted by atomic mass is 10.2. The molecule has 54 valence electrons. The van der Waals surface area contributed by atoms with E-state index in [-0.39, 0.29) is 0 Å². The first-order valence-corrected chi connectivity index (χ1v) is 3.39. The van der Waals surface area contributed by atoms with Gasteiger partial charge in [0.05, 0.1) is 5.92 Å². The maximum Gasteiger partial charge on any atom is 0.320 e. The van der Waals surface area contributed by atoms with Crippen LogP contribution in [0.4, 0.5) is 0 Å². The van der Waals surface area contributed by atoms with Crippen molar-refractivity contribution in [3.05, 3.63) is 18.2 Å². The highest BCUT2D eigenvalue weighted by atomic mass is 15.3. The van der Waals surface area contributed by atoms with E-state index in [0.717, 1.165) is 5.82 Å². The summed E-state index contributed by atoms with van der Waals surface area (Å²) in [6.45, 7) is 4.20. The predicted octanol–water partition coefficient (Wildman–Crippen LogP) is 0.424. The van der Waals surface area contributed by atoms with Crippen LogP contribution in [0.3, 0.4) is 0 Å². The number of nitrogens with zero attached hydrogens (tertiary/aromatic N) is 3. The fraction of sp³-hybridized carbons (Fsp3) is 0.571. The van der Waals surface area contributed by atoms with E-state index in [1.807, 2.05) is 7.05 Å². The topological polar surface area (TPSA) is 29.7 Å². The van der Waals surface area contributed by atoms with Crippen LogP contribution in [0.2, 0.25) is 0 Å². The molecule has 0 fully saturated rings. The van der Waals surface area contributed by atoms with E-state index in [9.17, 15) is 0 Å². The van der Waals surface area contributed by atoms with Gasteiger partial charge in [0.15, 0.2) is 6.20 Å². The van der Waals surface area contributed by atoms with Gasteiger partial charge in [-0.25, -0.2) is 0 Å². The number of rotatable bonds is 1. The summed E-state index contributed by atoms with van der Waals surface area (Å²) in [6.07, 6.45) is 3.40. The average molecular weight is 138 g/mol. The number of aromatic nitrogens is 3. The van der Waals surface area contributed by atoms with Crippen molar-refractivity contribution in [1.29, 1.82) is 0 Å². The van der Waals surface area contributed by atoms with Crippen molar-refractivity contribution < 1.29 is 4.68 Å². The molecular weight excluding hydrogens is 126 g/mol. The molecule has 3 nitrogen and oxygen atoms in total. The van der Waals surface area contributed by atoms with Crippen LogP contribution in [0.25, 0.3) is 0 Å². The summed E-state index contributed by atoms with van der Waals surface area (Å²) >= 11 is 0. The van der Waals surface area contributed by atoms with Gasteiger partial charge in [-0.3, -0.25) is 0 Å². The first kappa shape index (κ1) is 7.12. The Bertz CT molecular complexity index is 220. The summed E-state index contributed by atoms with van der Waals surface area (Å²) in [4.78, 5) is 4.18. The van der Waals surface area contributed by atoms with Gasteiger partial charge in [0.25, 0.3) is 0 Å². The summed E-state index contributed by atoms with van der Waals surface area (Å²) in [5.41, 5.74) is 0. The van der Waals surface area contributed by atoms with E-state index in [0.29, 0.717) is 5.92 Å².